The molecule has 228 valence electrons. The topological polar surface area (TPSA) is 119 Å². The van der Waals surface area contributed by atoms with Gasteiger partial charge in [-0.1, -0.05) is 19.3 Å². The molecule has 0 bridgehead atoms. The van der Waals surface area contributed by atoms with Crippen LogP contribution in [0.3, 0.4) is 0 Å². The Morgan fingerprint density at radius 3 is 2.24 bits per heavy atom. The van der Waals surface area contributed by atoms with Crippen LogP contribution in [-0.4, -0.2) is 68.1 Å². The fourth-order valence-corrected chi connectivity index (χ4v) is 8.28. The highest BCUT2D eigenvalue weighted by molar-refractivity contribution is 5.86. The number of aromatic nitrogens is 3. The molecule has 1 amide bonds. The van der Waals surface area contributed by atoms with E-state index in [0.29, 0.717) is 36.9 Å². The summed E-state index contributed by atoms with van der Waals surface area (Å²) in [6.07, 6.45) is 19.8. The zero-order valence-electron chi connectivity index (χ0n) is 26.0. The number of hydrogen-bond donors (Lipinski definition) is 3. The van der Waals surface area contributed by atoms with Gasteiger partial charge in [0.1, 0.15) is 0 Å². The van der Waals surface area contributed by atoms with E-state index in [1.807, 2.05) is 18.7 Å². The Morgan fingerprint density at radius 1 is 0.927 bits per heavy atom. The molecule has 1 aromatic rings. The van der Waals surface area contributed by atoms with E-state index < -0.39 is 5.54 Å². The van der Waals surface area contributed by atoms with Gasteiger partial charge in [0.05, 0.1) is 5.54 Å². The van der Waals surface area contributed by atoms with Gasteiger partial charge in [-0.2, -0.15) is 15.0 Å². The SMILES string of the molecule is CC1(C)CN(CC(Nc2n[c]nc(NC3CCC(CC4CCC([NH])CC4)CC3)n2)C2CCCCC2)C(=O)C(C)(C)N1. The summed E-state index contributed by atoms with van der Waals surface area (Å²) < 4.78 is 0. The molecule has 0 aromatic carbocycles. The number of anilines is 2. The van der Waals surface area contributed by atoms with E-state index >= 15 is 0 Å². The van der Waals surface area contributed by atoms with Gasteiger partial charge >= 0.3 is 0 Å². The van der Waals surface area contributed by atoms with Crippen molar-refractivity contribution in [3.8, 4) is 0 Å². The van der Waals surface area contributed by atoms with Gasteiger partial charge in [-0.25, -0.2) is 0 Å². The molecule has 1 saturated heterocycles. The monoisotopic (exact) mass is 566 g/mol. The van der Waals surface area contributed by atoms with E-state index in [1.165, 1.54) is 64.2 Å². The van der Waals surface area contributed by atoms with Gasteiger partial charge in [-0.3, -0.25) is 15.8 Å². The number of hydrogen-bond acceptors (Lipinski definition) is 7. The Kier molecular flexibility index (Phi) is 9.74. The van der Waals surface area contributed by atoms with E-state index in [0.717, 1.165) is 37.5 Å². The lowest BCUT2D eigenvalue weighted by Crippen LogP contribution is -2.70. The zero-order valence-corrected chi connectivity index (χ0v) is 26.0. The number of rotatable bonds is 9. The highest BCUT2D eigenvalue weighted by Gasteiger charge is 2.44. The molecule has 0 spiro atoms. The van der Waals surface area contributed by atoms with Crippen molar-refractivity contribution in [1.82, 2.24) is 30.9 Å². The molecule has 9 heteroatoms. The Morgan fingerprint density at radius 2 is 1.56 bits per heavy atom. The lowest BCUT2D eigenvalue weighted by Gasteiger charge is -2.48. The number of carbonyl (C=O) groups excluding carboxylic acids is 1. The maximum Gasteiger partial charge on any atom is 0.242 e. The quantitative estimate of drug-likeness (QED) is 0.375. The van der Waals surface area contributed by atoms with Crippen molar-refractivity contribution >= 4 is 17.8 Å². The molecule has 3 saturated carbocycles. The third-order valence-corrected chi connectivity index (χ3v) is 10.2. The number of nitrogens with one attached hydrogen (secondary N) is 4. The van der Waals surface area contributed by atoms with Crippen LogP contribution in [0.4, 0.5) is 11.9 Å². The fraction of sp³-hybridized carbons (Fsp3) is 0.875. The second-order valence-corrected chi connectivity index (χ2v) is 14.9. The number of nitrogens with zero attached hydrogens (tertiary/aromatic N) is 4. The lowest BCUT2D eigenvalue weighted by molar-refractivity contribution is -0.144. The summed E-state index contributed by atoms with van der Waals surface area (Å²) >= 11 is 0. The molecule has 4 fully saturated rings. The average molecular weight is 567 g/mol. The second kappa shape index (κ2) is 13.1. The Labute approximate surface area is 248 Å². The summed E-state index contributed by atoms with van der Waals surface area (Å²) in [6.45, 7) is 9.66. The summed E-state index contributed by atoms with van der Waals surface area (Å²) in [6, 6.07) is 0.661. The summed E-state index contributed by atoms with van der Waals surface area (Å²) in [5.74, 6) is 3.45. The Hall–Kier alpha value is -2.00. The molecule has 41 heavy (non-hydrogen) atoms. The van der Waals surface area contributed by atoms with Crippen LogP contribution in [0.1, 0.15) is 118 Å². The van der Waals surface area contributed by atoms with E-state index in [1.54, 1.807) is 0 Å². The first kappa shape index (κ1) is 30.5. The summed E-state index contributed by atoms with van der Waals surface area (Å²) in [4.78, 5) is 29.0. The van der Waals surface area contributed by atoms with E-state index in [-0.39, 0.29) is 23.5 Å². The van der Waals surface area contributed by atoms with Gasteiger partial charge < -0.3 is 15.5 Å². The molecule has 1 aromatic heterocycles. The third-order valence-electron chi connectivity index (χ3n) is 10.2. The number of amides is 1. The van der Waals surface area contributed by atoms with Crippen molar-refractivity contribution in [1.29, 1.82) is 0 Å². The molecule has 4 aliphatic rings. The first-order valence-corrected chi connectivity index (χ1v) is 16.5. The molecule has 2 radical (unpaired) electrons. The van der Waals surface area contributed by atoms with Crippen molar-refractivity contribution in [2.24, 2.45) is 17.8 Å². The van der Waals surface area contributed by atoms with Crippen LogP contribution in [0.25, 0.3) is 0 Å². The minimum Gasteiger partial charge on any atom is -0.351 e. The second-order valence-electron chi connectivity index (χ2n) is 14.9. The van der Waals surface area contributed by atoms with Crippen LogP contribution in [-0.2, 0) is 4.79 Å². The minimum absolute atomic E-state index is 0.0909. The average Bonchev–Trinajstić information content (AvgIpc) is 2.93. The van der Waals surface area contributed by atoms with Gasteiger partial charge in [0.2, 0.25) is 24.1 Å². The van der Waals surface area contributed by atoms with Crippen LogP contribution in [0.5, 0.6) is 0 Å². The molecular weight excluding hydrogens is 512 g/mol. The molecule has 5 rings (SSSR count). The van der Waals surface area contributed by atoms with Gasteiger partial charge in [-0.05, 0) is 116 Å². The highest BCUT2D eigenvalue weighted by atomic mass is 16.2. The standard InChI is InChI=1S/C32H54N8O/c1-31(2)20-40(28(41)32(3,4)39-31)19-27(24-8-6-5-7-9-24)37-30-35-21-34-29(38-30)36-26-16-12-23(13-17-26)18-22-10-14-25(33)15-11-22/h22-27,33,39H,5-20H2,1-4H3,(H2,34,35,36,37,38). The lowest BCUT2D eigenvalue weighted by atomic mass is 9.76. The Balaban J connectivity index is 1.18. The van der Waals surface area contributed by atoms with Gasteiger partial charge in [0.25, 0.3) is 0 Å². The van der Waals surface area contributed by atoms with Crippen LogP contribution in [0.15, 0.2) is 0 Å². The minimum atomic E-state index is -0.586. The molecule has 4 N–H and O–H groups in total. The van der Waals surface area contributed by atoms with Crippen molar-refractivity contribution in [2.45, 2.75) is 147 Å². The van der Waals surface area contributed by atoms with Crippen LogP contribution in [0, 0.1) is 24.1 Å². The third kappa shape index (κ3) is 8.31. The maximum atomic E-state index is 13.4. The van der Waals surface area contributed by atoms with Crippen LogP contribution < -0.4 is 21.7 Å². The van der Waals surface area contributed by atoms with E-state index in [2.05, 4.69) is 46.1 Å². The highest BCUT2D eigenvalue weighted by Crippen LogP contribution is 2.36. The zero-order chi connectivity index (χ0) is 29.0. The smallest absolute Gasteiger partial charge is 0.242 e. The summed E-state index contributed by atoms with van der Waals surface area (Å²) in [5, 5.41) is 10.7. The van der Waals surface area contributed by atoms with Gasteiger partial charge in [0, 0.05) is 36.8 Å². The molecule has 2 heterocycles. The normalized spacial score (nSPS) is 31.4. The first-order valence-electron chi connectivity index (χ1n) is 16.5. The first-order chi connectivity index (χ1) is 19.6. The molecule has 1 unspecified atom stereocenters. The van der Waals surface area contributed by atoms with Crippen LogP contribution in [0.2, 0.25) is 0 Å². The van der Waals surface area contributed by atoms with Crippen molar-refractivity contribution in [3.05, 3.63) is 6.33 Å². The van der Waals surface area contributed by atoms with E-state index in [9.17, 15) is 4.79 Å². The van der Waals surface area contributed by atoms with Crippen molar-refractivity contribution in [2.75, 3.05) is 23.7 Å². The molecule has 1 aliphatic heterocycles. The van der Waals surface area contributed by atoms with Crippen LogP contribution >= 0.6 is 0 Å². The largest absolute Gasteiger partial charge is 0.351 e. The van der Waals surface area contributed by atoms with Crippen molar-refractivity contribution in [3.63, 3.8) is 0 Å². The van der Waals surface area contributed by atoms with Crippen molar-refractivity contribution < 1.29 is 4.79 Å². The fourth-order valence-electron chi connectivity index (χ4n) is 8.28. The predicted molar refractivity (Wildman–Crippen MR) is 163 cm³/mol. The number of carbonyl (C=O) groups is 1. The molecule has 3 aliphatic carbocycles. The maximum absolute atomic E-state index is 13.4. The molecule has 9 nitrogen and oxygen atoms in total. The Bertz CT molecular complexity index is 993. The summed E-state index contributed by atoms with van der Waals surface area (Å²) in [5.41, 5.74) is 7.23. The van der Waals surface area contributed by atoms with Gasteiger partial charge in [-0.15, -0.1) is 0 Å². The van der Waals surface area contributed by atoms with Gasteiger partial charge in [0.15, 0.2) is 0 Å². The molecule has 1 atom stereocenters. The summed E-state index contributed by atoms with van der Waals surface area (Å²) in [7, 11) is 0. The predicted octanol–water partition coefficient (Wildman–Crippen LogP) is 5.22. The van der Waals surface area contributed by atoms with E-state index in [4.69, 9.17) is 10.7 Å². The molecular formula is C32H54N8O. The number of piperazine rings is 1.